The van der Waals surface area contributed by atoms with E-state index in [1.165, 1.54) is 12.5 Å². The fraction of sp³-hybridized carbons (Fsp3) is 1.00. The quantitative estimate of drug-likeness (QED) is 0.399. The van der Waals surface area contributed by atoms with Gasteiger partial charge >= 0.3 is 0 Å². The molecule has 0 aromatic rings. The van der Waals surface area contributed by atoms with E-state index in [1.807, 2.05) is 0 Å². The monoisotopic (exact) mass is 275 g/mol. The SMILES string of the molecule is CCC[Si](NC(S)CC)(C(C)(C)C)C(C)(C)C. The first kappa shape index (κ1) is 17.5. The lowest BCUT2D eigenvalue weighted by molar-refractivity contribution is 0.557. The summed E-state index contributed by atoms with van der Waals surface area (Å²) in [6.45, 7) is 19.0. The van der Waals surface area contributed by atoms with Crippen LogP contribution in [0.25, 0.3) is 0 Å². The molecule has 17 heavy (non-hydrogen) atoms. The smallest absolute Gasteiger partial charge is 0.137 e. The van der Waals surface area contributed by atoms with E-state index in [1.54, 1.807) is 0 Å². The van der Waals surface area contributed by atoms with Gasteiger partial charge in [0, 0.05) is 5.37 Å². The molecule has 1 atom stereocenters. The summed E-state index contributed by atoms with van der Waals surface area (Å²) in [6, 6.07) is 1.33. The molecule has 0 aliphatic heterocycles. The first-order valence-corrected chi connectivity index (χ1v) is 9.70. The number of nitrogens with one attached hydrogen (secondary N) is 1. The Morgan fingerprint density at radius 3 is 1.65 bits per heavy atom. The highest BCUT2D eigenvalue weighted by molar-refractivity contribution is 7.81. The Labute approximate surface area is 116 Å². The zero-order chi connectivity index (χ0) is 13.9. The van der Waals surface area contributed by atoms with Crippen molar-refractivity contribution in [3.05, 3.63) is 0 Å². The van der Waals surface area contributed by atoms with Gasteiger partial charge in [-0.3, -0.25) is 0 Å². The summed E-state index contributed by atoms with van der Waals surface area (Å²) < 4.78 is 0. The third-order valence-electron chi connectivity index (χ3n) is 3.99. The van der Waals surface area contributed by atoms with Gasteiger partial charge in [0.2, 0.25) is 0 Å². The Morgan fingerprint density at radius 2 is 1.41 bits per heavy atom. The molecule has 1 nitrogen and oxygen atoms in total. The summed E-state index contributed by atoms with van der Waals surface area (Å²) in [5.41, 5.74) is 0. The first-order chi connectivity index (χ1) is 7.52. The molecule has 0 aromatic carbocycles. The van der Waals surface area contributed by atoms with Gasteiger partial charge in [-0.05, 0) is 22.5 Å². The molecule has 0 spiro atoms. The molecule has 0 saturated carbocycles. The van der Waals surface area contributed by atoms with Crippen LogP contribution in [0, 0.1) is 0 Å². The molecule has 0 aliphatic carbocycles. The minimum atomic E-state index is -1.61. The number of thiol groups is 1. The van der Waals surface area contributed by atoms with Gasteiger partial charge in [-0.25, -0.2) is 0 Å². The second kappa shape index (κ2) is 6.11. The Hall–Kier alpha value is 0.527. The van der Waals surface area contributed by atoms with Crippen LogP contribution in [-0.2, 0) is 0 Å². The van der Waals surface area contributed by atoms with E-state index in [9.17, 15) is 0 Å². The molecule has 1 N–H and O–H groups in total. The number of rotatable bonds is 5. The summed E-state index contributed by atoms with van der Waals surface area (Å²) in [6.07, 6.45) is 2.35. The highest BCUT2D eigenvalue weighted by Gasteiger charge is 2.52. The normalized spacial score (nSPS) is 16.1. The fourth-order valence-corrected chi connectivity index (χ4v) is 10.1. The van der Waals surface area contributed by atoms with Crippen molar-refractivity contribution in [3.8, 4) is 0 Å². The number of hydrogen-bond donors (Lipinski definition) is 2. The molecular formula is C14H33NSSi. The summed E-state index contributed by atoms with van der Waals surface area (Å²) in [5, 5.41) is 1.06. The van der Waals surface area contributed by atoms with Crippen molar-refractivity contribution < 1.29 is 0 Å². The summed E-state index contributed by atoms with van der Waals surface area (Å²) in [4.78, 5) is 3.96. The van der Waals surface area contributed by atoms with Crippen LogP contribution >= 0.6 is 12.6 Å². The minimum absolute atomic E-state index is 0.340. The maximum absolute atomic E-state index is 4.70. The maximum atomic E-state index is 4.70. The van der Waals surface area contributed by atoms with E-state index in [0.717, 1.165) is 6.42 Å². The largest absolute Gasteiger partial charge is 0.325 e. The fourth-order valence-electron chi connectivity index (χ4n) is 3.14. The van der Waals surface area contributed by atoms with Gasteiger partial charge in [0.25, 0.3) is 0 Å². The Kier molecular flexibility index (Phi) is 6.30. The molecule has 0 fully saturated rings. The van der Waals surface area contributed by atoms with Gasteiger partial charge in [0.05, 0.1) is 0 Å². The molecule has 0 aliphatic rings. The molecular weight excluding hydrogens is 242 g/mol. The van der Waals surface area contributed by atoms with Crippen molar-refractivity contribution in [3.63, 3.8) is 0 Å². The molecule has 0 aromatic heterocycles. The molecule has 0 rings (SSSR count). The summed E-state index contributed by atoms with van der Waals surface area (Å²) in [5.74, 6) is 0. The van der Waals surface area contributed by atoms with Crippen LogP contribution in [0.2, 0.25) is 16.1 Å². The molecule has 3 heteroatoms. The highest BCUT2D eigenvalue weighted by atomic mass is 32.1. The van der Waals surface area contributed by atoms with Gasteiger partial charge in [0.15, 0.2) is 0 Å². The van der Waals surface area contributed by atoms with Gasteiger partial charge in [-0.2, -0.15) is 12.6 Å². The van der Waals surface area contributed by atoms with Crippen molar-refractivity contribution in [2.75, 3.05) is 0 Å². The van der Waals surface area contributed by atoms with Gasteiger partial charge in [0.1, 0.15) is 8.24 Å². The predicted octanol–water partition coefficient (Wildman–Crippen LogP) is 5.20. The van der Waals surface area contributed by atoms with E-state index in [-0.39, 0.29) is 0 Å². The Balaban J connectivity index is 5.42. The lowest BCUT2D eigenvalue weighted by Gasteiger charge is -2.53. The summed E-state index contributed by atoms with van der Waals surface area (Å²) >= 11 is 4.70. The van der Waals surface area contributed by atoms with Crippen molar-refractivity contribution in [2.45, 2.75) is 89.7 Å². The Bertz CT molecular complexity index is 213. The van der Waals surface area contributed by atoms with Crippen molar-refractivity contribution in [2.24, 2.45) is 0 Å². The molecule has 0 radical (unpaired) electrons. The zero-order valence-corrected chi connectivity index (χ0v) is 15.0. The van der Waals surface area contributed by atoms with Crippen molar-refractivity contribution >= 4 is 20.9 Å². The highest BCUT2D eigenvalue weighted by Crippen LogP contribution is 2.52. The lowest BCUT2D eigenvalue weighted by Crippen LogP contribution is -2.64. The third kappa shape index (κ3) is 4.00. The molecule has 104 valence electrons. The van der Waals surface area contributed by atoms with E-state index in [0.29, 0.717) is 15.5 Å². The van der Waals surface area contributed by atoms with Crippen LogP contribution in [0.4, 0.5) is 0 Å². The molecule has 0 amide bonds. The van der Waals surface area contributed by atoms with E-state index >= 15 is 0 Å². The van der Waals surface area contributed by atoms with Crippen LogP contribution in [0.5, 0.6) is 0 Å². The van der Waals surface area contributed by atoms with E-state index < -0.39 is 8.24 Å². The van der Waals surface area contributed by atoms with Crippen molar-refractivity contribution in [1.82, 2.24) is 4.98 Å². The van der Waals surface area contributed by atoms with E-state index in [2.05, 4.69) is 60.4 Å². The average molecular weight is 276 g/mol. The third-order valence-corrected chi connectivity index (χ3v) is 11.9. The average Bonchev–Trinajstić information content (AvgIpc) is 2.13. The second-order valence-electron chi connectivity index (χ2n) is 7.22. The Morgan fingerprint density at radius 1 is 1.00 bits per heavy atom. The predicted molar refractivity (Wildman–Crippen MR) is 86.5 cm³/mol. The number of hydrogen-bond acceptors (Lipinski definition) is 2. The van der Waals surface area contributed by atoms with Gasteiger partial charge in [-0.15, -0.1) is 0 Å². The first-order valence-electron chi connectivity index (χ1n) is 6.97. The van der Waals surface area contributed by atoms with Gasteiger partial charge in [-0.1, -0.05) is 61.8 Å². The maximum Gasteiger partial charge on any atom is 0.137 e. The zero-order valence-electron chi connectivity index (χ0n) is 13.1. The van der Waals surface area contributed by atoms with Crippen molar-refractivity contribution in [1.29, 1.82) is 0 Å². The summed E-state index contributed by atoms with van der Waals surface area (Å²) in [7, 11) is -1.61. The van der Waals surface area contributed by atoms with Crippen LogP contribution in [0.3, 0.4) is 0 Å². The van der Waals surface area contributed by atoms with Crippen LogP contribution in [-0.4, -0.2) is 13.6 Å². The minimum Gasteiger partial charge on any atom is -0.325 e. The van der Waals surface area contributed by atoms with Crippen LogP contribution < -0.4 is 4.98 Å². The molecule has 0 bridgehead atoms. The van der Waals surface area contributed by atoms with Gasteiger partial charge < -0.3 is 4.98 Å². The van der Waals surface area contributed by atoms with Crippen LogP contribution in [0.15, 0.2) is 0 Å². The molecule has 0 saturated heterocycles. The molecule has 1 unspecified atom stereocenters. The topological polar surface area (TPSA) is 12.0 Å². The standard InChI is InChI=1S/C14H33NSSi/c1-9-11-17(13(3,4)5,14(6,7)8)15-12(16)10-2/h12,15-16H,9-11H2,1-8H3. The van der Waals surface area contributed by atoms with Crippen LogP contribution in [0.1, 0.15) is 68.2 Å². The van der Waals surface area contributed by atoms with E-state index in [4.69, 9.17) is 12.6 Å². The molecule has 0 heterocycles. The second-order valence-corrected chi connectivity index (χ2v) is 13.4. The lowest BCUT2D eigenvalue weighted by atomic mass is 10.2.